The molecule has 0 aliphatic carbocycles. The minimum atomic E-state index is -0.198. The predicted molar refractivity (Wildman–Crippen MR) is 72.1 cm³/mol. The van der Waals surface area contributed by atoms with Gasteiger partial charge in [0.25, 0.3) is 0 Å². The van der Waals surface area contributed by atoms with Crippen molar-refractivity contribution in [2.45, 2.75) is 38.8 Å². The average Bonchev–Trinajstić information content (AvgIpc) is 3.07. The molecule has 0 N–H and O–H groups in total. The Hall–Kier alpha value is -1.40. The third kappa shape index (κ3) is 4.61. The van der Waals surface area contributed by atoms with Gasteiger partial charge in [-0.25, -0.2) is 0 Å². The normalized spacial score (nSPS) is 18.6. The Morgan fingerprint density at radius 3 is 3.05 bits per heavy atom. The van der Waals surface area contributed by atoms with Crippen LogP contribution in [0.5, 0.6) is 0 Å². The summed E-state index contributed by atoms with van der Waals surface area (Å²) in [5, 5.41) is 3.89. The standard InChI is InChI=1S/C14H22N2O4/c1-11-8-13(20-15-11)10-16(6-5-14(17)18-2)9-12-4-3-7-19-12/h8,12H,3-7,9-10H2,1-2H3/t12-/m0/s1. The summed E-state index contributed by atoms with van der Waals surface area (Å²) < 4.78 is 15.6. The average molecular weight is 282 g/mol. The van der Waals surface area contributed by atoms with Gasteiger partial charge in [-0.2, -0.15) is 0 Å². The number of hydrogen-bond donors (Lipinski definition) is 0. The van der Waals surface area contributed by atoms with Crippen molar-refractivity contribution in [1.29, 1.82) is 0 Å². The SMILES string of the molecule is COC(=O)CCN(Cc1cc(C)no1)C[C@@H]1CCCO1. The molecule has 2 rings (SSSR count). The first kappa shape index (κ1) is 15.0. The maximum atomic E-state index is 11.3. The molecule has 0 bridgehead atoms. The van der Waals surface area contributed by atoms with Crippen LogP contribution in [0.1, 0.15) is 30.7 Å². The molecule has 0 radical (unpaired) electrons. The first-order valence-corrected chi connectivity index (χ1v) is 7.00. The number of nitrogens with zero attached hydrogens (tertiary/aromatic N) is 2. The molecule has 1 fully saturated rings. The molecule has 20 heavy (non-hydrogen) atoms. The van der Waals surface area contributed by atoms with E-state index in [1.165, 1.54) is 7.11 Å². The lowest BCUT2D eigenvalue weighted by molar-refractivity contribution is -0.141. The van der Waals surface area contributed by atoms with Crippen LogP contribution in [0.25, 0.3) is 0 Å². The molecule has 1 aromatic rings. The molecule has 0 unspecified atom stereocenters. The fraction of sp³-hybridized carbons (Fsp3) is 0.714. The second-order valence-corrected chi connectivity index (χ2v) is 5.13. The molecule has 2 heterocycles. The second kappa shape index (κ2) is 7.40. The van der Waals surface area contributed by atoms with E-state index in [4.69, 9.17) is 14.0 Å². The maximum Gasteiger partial charge on any atom is 0.306 e. The summed E-state index contributed by atoms with van der Waals surface area (Å²) in [6, 6.07) is 1.92. The zero-order chi connectivity index (χ0) is 14.4. The van der Waals surface area contributed by atoms with Gasteiger partial charge in [0.1, 0.15) is 0 Å². The van der Waals surface area contributed by atoms with Gasteiger partial charge < -0.3 is 14.0 Å². The fourth-order valence-electron chi connectivity index (χ4n) is 2.37. The summed E-state index contributed by atoms with van der Waals surface area (Å²) in [6.07, 6.45) is 2.80. The topological polar surface area (TPSA) is 64.8 Å². The van der Waals surface area contributed by atoms with Crippen LogP contribution in [0.2, 0.25) is 0 Å². The van der Waals surface area contributed by atoms with E-state index in [2.05, 4.69) is 10.1 Å². The van der Waals surface area contributed by atoms with E-state index >= 15 is 0 Å². The molecule has 6 heteroatoms. The number of carbonyl (C=O) groups excluding carboxylic acids is 1. The van der Waals surface area contributed by atoms with Crippen LogP contribution in [0, 0.1) is 6.92 Å². The maximum absolute atomic E-state index is 11.3. The lowest BCUT2D eigenvalue weighted by atomic mass is 10.2. The van der Waals surface area contributed by atoms with Crippen molar-refractivity contribution in [1.82, 2.24) is 10.1 Å². The highest BCUT2D eigenvalue weighted by Gasteiger charge is 2.21. The lowest BCUT2D eigenvalue weighted by Crippen LogP contribution is -2.33. The number of methoxy groups -OCH3 is 1. The zero-order valence-electron chi connectivity index (χ0n) is 12.1. The highest BCUT2D eigenvalue weighted by molar-refractivity contribution is 5.69. The molecule has 1 aliphatic rings. The fourth-order valence-corrected chi connectivity index (χ4v) is 2.37. The highest BCUT2D eigenvalue weighted by Crippen LogP contribution is 2.15. The van der Waals surface area contributed by atoms with Gasteiger partial charge in [-0.05, 0) is 19.8 Å². The largest absolute Gasteiger partial charge is 0.469 e. The van der Waals surface area contributed by atoms with Crippen molar-refractivity contribution in [2.24, 2.45) is 0 Å². The van der Waals surface area contributed by atoms with Crippen LogP contribution in [0.4, 0.5) is 0 Å². The number of ether oxygens (including phenoxy) is 2. The van der Waals surface area contributed by atoms with Crippen molar-refractivity contribution in [3.05, 3.63) is 17.5 Å². The predicted octanol–water partition coefficient (Wildman–Crippen LogP) is 1.53. The number of aromatic nitrogens is 1. The van der Waals surface area contributed by atoms with E-state index in [1.54, 1.807) is 0 Å². The number of aryl methyl sites for hydroxylation is 1. The lowest BCUT2D eigenvalue weighted by Gasteiger charge is -2.23. The van der Waals surface area contributed by atoms with Crippen molar-refractivity contribution in [3.8, 4) is 0 Å². The van der Waals surface area contributed by atoms with E-state index in [0.29, 0.717) is 19.5 Å². The molecule has 0 amide bonds. The number of hydrogen-bond acceptors (Lipinski definition) is 6. The third-order valence-electron chi connectivity index (χ3n) is 3.40. The molecule has 0 saturated carbocycles. The quantitative estimate of drug-likeness (QED) is 0.707. The smallest absolute Gasteiger partial charge is 0.306 e. The molecule has 0 spiro atoms. The van der Waals surface area contributed by atoms with Crippen molar-refractivity contribution < 1.29 is 18.8 Å². The minimum absolute atomic E-state index is 0.198. The van der Waals surface area contributed by atoms with Gasteiger partial charge in [-0.1, -0.05) is 5.16 Å². The van der Waals surface area contributed by atoms with E-state index < -0.39 is 0 Å². The van der Waals surface area contributed by atoms with Crippen LogP contribution in [0.3, 0.4) is 0 Å². The summed E-state index contributed by atoms with van der Waals surface area (Å²) >= 11 is 0. The monoisotopic (exact) mass is 282 g/mol. The van der Waals surface area contributed by atoms with E-state index in [0.717, 1.165) is 37.4 Å². The molecule has 6 nitrogen and oxygen atoms in total. The van der Waals surface area contributed by atoms with Gasteiger partial charge in [-0.15, -0.1) is 0 Å². The molecule has 112 valence electrons. The zero-order valence-corrected chi connectivity index (χ0v) is 12.1. The Bertz CT molecular complexity index is 427. The Labute approximate surface area is 119 Å². The summed E-state index contributed by atoms with van der Waals surface area (Å²) in [6.45, 7) is 4.80. The molecule has 1 aromatic heterocycles. The Balaban J connectivity index is 1.89. The number of carbonyl (C=O) groups is 1. The van der Waals surface area contributed by atoms with Crippen molar-refractivity contribution >= 4 is 5.97 Å². The summed E-state index contributed by atoms with van der Waals surface area (Å²) in [5.74, 6) is 0.612. The minimum Gasteiger partial charge on any atom is -0.469 e. The van der Waals surface area contributed by atoms with Gasteiger partial charge in [0, 0.05) is 25.8 Å². The van der Waals surface area contributed by atoms with E-state index in [-0.39, 0.29) is 12.1 Å². The number of rotatable bonds is 7. The Kier molecular flexibility index (Phi) is 5.55. The van der Waals surface area contributed by atoms with Gasteiger partial charge in [-0.3, -0.25) is 9.69 Å². The van der Waals surface area contributed by atoms with Gasteiger partial charge in [0.2, 0.25) is 0 Å². The Morgan fingerprint density at radius 2 is 2.45 bits per heavy atom. The molecular formula is C14H22N2O4. The van der Waals surface area contributed by atoms with Crippen LogP contribution in [-0.2, 0) is 20.8 Å². The molecule has 1 aliphatic heterocycles. The highest BCUT2D eigenvalue weighted by atomic mass is 16.5. The third-order valence-corrected chi connectivity index (χ3v) is 3.40. The molecule has 1 saturated heterocycles. The first-order chi connectivity index (χ1) is 9.67. The van der Waals surface area contributed by atoms with E-state index in [1.807, 2.05) is 13.0 Å². The summed E-state index contributed by atoms with van der Waals surface area (Å²) in [7, 11) is 1.41. The van der Waals surface area contributed by atoms with Crippen molar-refractivity contribution in [3.63, 3.8) is 0 Å². The van der Waals surface area contributed by atoms with Gasteiger partial charge in [0.05, 0.1) is 31.9 Å². The van der Waals surface area contributed by atoms with E-state index in [9.17, 15) is 4.79 Å². The van der Waals surface area contributed by atoms with Crippen LogP contribution in [-0.4, -0.2) is 48.9 Å². The molecule has 0 aromatic carbocycles. The molecular weight excluding hydrogens is 260 g/mol. The Morgan fingerprint density at radius 1 is 1.60 bits per heavy atom. The number of esters is 1. The second-order valence-electron chi connectivity index (χ2n) is 5.13. The summed E-state index contributed by atoms with van der Waals surface area (Å²) in [4.78, 5) is 13.5. The van der Waals surface area contributed by atoms with Crippen LogP contribution >= 0.6 is 0 Å². The van der Waals surface area contributed by atoms with Gasteiger partial charge in [0.15, 0.2) is 5.76 Å². The van der Waals surface area contributed by atoms with Crippen molar-refractivity contribution in [2.75, 3.05) is 26.8 Å². The van der Waals surface area contributed by atoms with Crippen LogP contribution < -0.4 is 0 Å². The van der Waals surface area contributed by atoms with Gasteiger partial charge >= 0.3 is 5.97 Å². The first-order valence-electron chi connectivity index (χ1n) is 7.00. The molecule has 1 atom stereocenters. The van der Waals surface area contributed by atoms with Crippen LogP contribution in [0.15, 0.2) is 10.6 Å². The summed E-state index contributed by atoms with van der Waals surface area (Å²) in [5.41, 5.74) is 0.866.